The molecule has 5 nitrogen and oxygen atoms in total. The highest BCUT2D eigenvalue weighted by atomic mass is 32.1. The summed E-state index contributed by atoms with van der Waals surface area (Å²) in [6.45, 7) is 2.48. The minimum Gasteiger partial charge on any atom is -0.493 e. The molecule has 3 N–H and O–H groups in total. The molecule has 17 heavy (non-hydrogen) atoms. The molecule has 1 aromatic carbocycles. The smallest absolute Gasteiger partial charge is 0.184 e. The van der Waals surface area contributed by atoms with Gasteiger partial charge in [-0.1, -0.05) is 0 Å². The van der Waals surface area contributed by atoms with Crippen LogP contribution in [-0.4, -0.2) is 25.0 Å². The summed E-state index contributed by atoms with van der Waals surface area (Å²) in [4.78, 5) is 0. The molecule has 0 aliphatic rings. The van der Waals surface area contributed by atoms with Crippen molar-refractivity contribution in [1.29, 1.82) is 0 Å². The van der Waals surface area contributed by atoms with Crippen LogP contribution in [0.1, 0.15) is 12.5 Å². The molecule has 0 radical (unpaired) electrons. The quantitative estimate of drug-likeness (QED) is 0.470. The Balaban J connectivity index is 2.84. The van der Waals surface area contributed by atoms with Crippen molar-refractivity contribution in [3.05, 3.63) is 23.8 Å². The van der Waals surface area contributed by atoms with Crippen LogP contribution in [0.25, 0.3) is 0 Å². The predicted molar refractivity (Wildman–Crippen MR) is 71.7 cm³/mol. The van der Waals surface area contributed by atoms with Crippen molar-refractivity contribution in [2.75, 3.05) is 13.7 Å². The van der Waals surface area contributed by atoms with Crippen LogP contribution >= 0.6 is 12.2 Å². The molecule has 0 aliphatic carbocycles. The number of hydrogen-bond acceptors (Lipinski definition) is 4. The Morgan fingerprint density at radius 1 is 1.53 bits per heavy atom. The first-order chi connectivity index (χ1) is 8.17. The van der Waals surface area contributed by atoms with E-state index in [1.54, 1.807) is 13.3 Å². The predicted octanol–water partition coefficient (Wildman–Crippen LogP) is 1.26. The molecule has 0 bridgehead atoms. The van der Waals surface area contributed by atoms with E-state index in [9.17, 15) is 0 Å². The zero-order valence-corrected chi connectivity index (χ0v) is 10.6. The summed E-state index contributed by atoms with van der Waals surface area (Å²) in [5.41, 5.74) is 8.58. The number of ether oxygens (including phenoxy) is 2. The van der Waals surface area contributed by atoms with Crippen LogP contribution in [0, 0.1) is 0 Å². The molecule has 0 atom stereocenters. The first-order valence-corrected chi connectivity index (χ1v) is 5.47. The number of nitrogens with one attached hydrogen (secondary N) is 1. The number of hydrazone groups is 1. The molecule has 1 aromatic rings. The van der Waals surface area contributed by atoms with Crippen molar-refractivity contribution in [1.82, 2.24) is 5.43 Å². The van der Waals surface area contributed by atoms with Gasteiger partial charge in [-0.3, -0.25) is 5.43 Å². The van der Waals surface area contributed by atoms with E-state index in [0.717, 1.165) is 5.56 Å². The Morgan fingerprint density at radius 3 is 2.88 bits per heavy atom. The maximum absolute atomic E-state index is 5.44. The zero-order valence-electron chi connectivity index (χ0n) is 9.77. The summed E-state index contributed by atoms with van der Waals surface area (Å²) < 4.78 is 10.6. The van der Waals surface area contributed by atoms with Gasteiger partial charge < -0.3 is 15.2 Å². The maximum atomic E-state index is 5.44. The van der Waals surface area contributed by atoms with Gasteiger partial charge in [-0.15, -0.1) is 0 Å². The van der Waals surface area contributed by atoms with Gasteiger partial charge in [0.1, 0.15) is 0 Å². The van der Waals surface area contributed by atoms with E-state index in [1.807, 2.05) is 25.1 Å². The molecular weight excluding hydrogens is 238 g/mol. The van der Waals surface area contributed by atoms with Crippen LogP contribution in [0.15, 0.2) is 23.3 Å². The molecule has 0 unspecified atom stereocenters. The lowest BCUT2D eigenvalue weighted by molar-refractivity contribution is 0.311. The average Bonchev–Trinajstić information content (AvgIpc) is 2.29. The van der Waals surface area contributed by atoms with Crippen molar-refractivity contribution >= 4 is 23.5 Å². The Bertz CT molecular complexity index is 421. The minimum atomic E-state index is 0.125. The van der Waals surface area contributed by atoms with Gasteiger partial charge in [-0.2, -0.15) is 5.10 Å². The number of nitrogens with zero attached hydrogens (tertiary/aromatic N) is 1. The van der Waals surface area contributed by atoms with Gasteiger partial charge in [0.2, 0.25) is 0 Å². The summed E-state index contributed by atoms with van der Waals surface area (Å²) >= 11 is 4.63. The van der Waals surface area contributed by atoms with Crippen molar-refractivity contribution < 1.29 is 9.47 Å². The SMILES string of the molecule is CCOc1cc(/C=N\NC(N)=S)ccc1OC. The summed E-state index contributed by atoms with van der Waals surface area (Å²) in [6, 6.07) is 5.49. The number of methoxy groups -OCH3 is 1. The number of nitrogens with two attached hydrogens (primary N) is 1. The molecule has 0 aliphatic heterocycles. The fourth-order valence-corrected chi connectivity index (χ4v) is 1.27. The highest BCUT2D eigenvalue weighted by Crippen LogP contribution is 2.27. The maximum Gasteiger partial charge on any atom is 0.184 e. The third-order valence-corrected chi connectivity index (χ3v) is 1.97. The van der Waals surface area contributed by atoms with E-state index >= 15 is 0 Å². The van der Waals surface area contributed by atoms with Gasteiger partial charge in [0.05, 0.1) is 19.9 Å². The highest BCUT2D eigenvalue weighted by Gasteiger charge is 2.03. The van der Waals surface area contributed by atoms with E-state index < -0.39 is 0 Å². The van der Waals surface area contributed by atoms with E-state index in [-0.39, 0.29) is 5.11 Å². The second-order valence-corrected chi connectivity index (χ2v) is 3.52. The Morgan fingerprint density at radius 2 is 2.29 bits per heavy atom. The molecule has 0 heterocycles. The number of thiocarbonyl (C=S) groups is 1. The normalized spacial score (nSPS) is 10.2. The minimum absolute atomic E-state index is 0.125. The Kier molecular flexibility index (Phi) is 5.22. The molecule has 0 saturated heterocycles. The lowest BCUT2D eigenvalue weighted by Gasteiger charge is -2.09. The van der Waals surface area contributed by atoms with Crippen molar-refractivity contribution in [2.24, 2.45) is 10.8 Å². The first-order valence-electron chi connectivity index (χ1n) is 5.06. The van der Waals surface area contributed by atoms with E-state index in [1.165, 1.54) is 0 Å². The van der Waals surface area contributed by atoms with Crippen LogP contribution in [0.5, 0.6) is 11.5 Å². The highest BCUT2D eigenvalue weighted by molar-refractivity contribution is 7.80. The summed E-state index contributed by atoms with van der Waals surface area (Å²) in [5.74, 6) is 1.36. The van der Waals surface area contributed by atoms with E-state index in [2.05, 4.69) is 22.7 Å². The lowest BCUT2D eigenvalue weighted by atomic mass is 10.2. The molecule has 0 saturated carbocycles. The fourth-order valence-electron chi connectivity index (χ4n) is 1.21. The number of rotatable bonds is 5. The first kappa shape index (κ1) is 13.2. The zero-order chi connectivity index (χ0) is 12.7. The van der Waals surface area contributed by atoms with Gasteiger partial charge in [0, 0.05) is 0 Å². The second-order valence-electron chi connectivity index (χ2n) is 3.08. The number of hydrogen-bond donors (Lipinski definition) is 2. The van der Waals surface area contributed by atoms with Crippen LogP contribution in [0.4, 0.5) is 0 Å². The van der Waals surface area contributed by atoms with Crippen LogP contribution in [0.3, 0.4) is 0 Å². The van der Waals surface area contributed by atoms with E-state index in [4.69, 9.17) is 15.2 Å². The molecule has 0 spiro atoms. The lowest BCUT2D eigenvalue weighted by Crippen LogP contribution is -2.23. The average molecular weight is 253 g/mol. The van der Waals surface area contributed by atoms with Gasteiger partial charge in [0.15, 0.2) is 16.6 Å². The van der Waals surface area contributed by atoms with Crippen LogP contribution < -0.4 is 20.6 Å². The molecular formula is C11H15N3O2S. The van der Waals surface area contributed by atoms with Gasteiger partial charge in [0.25, 0.3) is 0 Å². The monoisotopic (exact) mass is 253 g/mol. The Labute approximate surface area is 106 Å². The summed E-state index contributed by atoms with van der Waals surface area (Å²) in [6.07, 6.45) is 1.60. The van der Waals surface area contributed by atoms with Crippen molar-refractivity contribution in [3.8, 4) is 11.5 Å². The van der Waals surface area contributed by atoms with Crippen molar-refractivity contribution in [2.45, 2.75) is 6.92 Å². The third kappa shape index (κ3) is 4.28. The Hall–Kier alpha value is -1.82. The standard InChI is InChI=1S/C11H15N3O2S/c1-3-16-10-6-8(4-5-9(10)15-2)7-13-14-11(12)17/h4-7H,3H2,1-2H3,(H3,12,14,17)/b13-7-. The third-order valence-electron chi connectivity index (χ3n) is 1.88. The summed E-state index contributed by atoms with van der Waals surface area (Å²) in [5, 5.41) is 3.99. The van der Waals surface area contributed by atoms with Crippen LogP contribution in [0.2, 0.25) is 0 Å². The van der Waals surface area contributed by atoms with E-state index in [0.29, 0.717) is 18.1 Å². The molecule has 6 heteroatoms. The van der Waals surface area contributed by atoms with Gasteiger partial charge in [-0.25, -0.2) is 0 Å². The number of benzene rings is 1. The molecule has 0 amide bonds. The van der Waals surface area contributed by atoms with Crippen molar-refractivity contribution in [3.63, 3.8) is 0 Å². The fraction of sp³-hybridized carbons (Fsp3) is 0.273. The van der Waals surface area contributed by atoms with Crippen LogP contribution in [-0.2, 0) is 0 Å². The molecule has 0 aromatic heterocycles. The second kappa shape index (κ2) is 6.70. The molecule has 1 rings (SSSR count). The molecule has 0 fully saturated rings. The molecule has 92 valence electrons. The van der Waals surface area contributed by atoms with Gasteiger partial charge in [-0.05, 0) is 42.9 Å². The largest absolute Gasteiger partial charge is 0.493 e. The topological polar surface area (TPSA) is 68.9 Å². The van der Waals surface area contributed by atoms with Gasteiger partial charge >= 0.3 is 0 Å². The summed E-state index contributed by atoms with van der Waals surface area (Å²) in [7, 11) is 1.60.